The van der Waals surface area contributed by atoms with E-state index in [0.29, 0.717) is 63.5 Å². The van der Waals surface area contributed by atoms with Crippen molar-refractivity contribution in [2.45, 2.75) is 9.79 Å². The molecule has 0 heterocycles. The minimum Gasteiger partial charge on any atom is -0.218 e. The van der Waals surface area contributed by atoms with E-state index in [1.807, 2.05) is 97.1 Å². The predicted molar refractivity (Wildman–Crippen MR) is 241 cm³/mol. The second kappa shape index (κ2) is 16.4. The summed E-state index contributed by atoms with van der Waals surface area (Å²) in [5.41, 5.74) is 8.32. The molecule has 0 N–H and O–H groups in total. The van der Waals surface area contributed by atoms with Gasteiger partial charge in [-0.3, -0.25) is 0 Å². The van der Waals surface area contributed by atoms with E-state index in [2.05, 4.69) is 0 Å². The number of benzene rings is 8. The highest BCUT2D eigenvalue weighted by atomic mass is 35.5. The first kappa shape index (κ1) is 39.3. The maximum Gasteiger partial charge on any atom is 0.207 e. The molecule has 2 nitrogen and oxygen atoms in total. The van der Waals surface area contributed by atoms with Gasteiger partial charge in [0.25, 0.3) is 0 Å². The van der Waals surface area contributed by atoms with E-state index in [9.17, 15) is 0 Å². The third kappa shape index (κ3) is 7.99. The second-order valence-corrected chi connectivity index (χ2v) is 17.8. The molecule has 8 rings (SSSR count). The maximum atomic E-state index is 15.9. The third-order valence-corrected chi connectivity index (χ3v) is 13.1. The van der Waals surface area contributed by atoms with Gasteiger partial charge < -0.3 is 0 Å². The zero-order chi connectivity index (χ0) is 39.8. The number of sulfone groups is 1. The van der Waals surface area contributed by atoms with E-state index in [0.717, 1.165) is 33.4 Å². The Morgan fingerprint density at radius 1 is 0.246 bits per heavy atom. The molecule has 0 aliphatic carbocycles. The molecular weight excluding hydrogens is 853 g/mol. The summed E-state index contributed by atoms with van der Waals surface area (Å²) in [5.74, 6) is 0. The summed E-state index contributed by atoms with van der Waals surface area (Å²) in [7, 11) is -4.37. The maximum absolute atomic E-state index is 15.9. The zero-order valence-corrected chi connectivity index (χ0v) is 35.0. The van der Waals surface area contributed by atoms with Crippen LogP contribution in [-0.4, -0.2) is 8.42 Å². The SMILES string of the molecule is O=S(=O)(c1ccc(-c2ccc(Cl)cc2)cc1)c1c(-c2ccc(Cl)cc2)c(-c2ccc(Cl)cc2)c(-c2ccc(Cl)cc2)c(-c2ccc(Cl)cc2)c1-c1ccc(Cl)cc1. The van der Waals surface area contributed by atoms with Gasteiger partial charge in [-0.1, -0.05) is 155 Å². The van der Waals surface area contributed by atoms with E-state index < -0.39 is 9.84 Å². The Morgan fingerprint density at radius 3 is 0.702 bits per heavy atom. The molecule has 8 aromatic carbocycles. The Bertz CT molecular complexity index is 2720. The summed E-state index contributed by atoms with van der Waals surface area (Å²) in [4.78, 5) is 0.202. The summed E-state index contributed by atoms with van der Waals surface area (Å²) < 4.78 is 31.8. The van der Waals surface area contributed by atoms with Crippen LogP contribution < -0.4 is 0 Å². The second-order valence-electron chi connectivity index (χ2n) is 13.3. The van der Waals surface area contributed by atoms with Crippen molar-refractivity contribution in [1.82, 2.24) is 0 Å². The van der Waals surface area contributed by atoms with Crippen LogP contribution in [0, 0.1) is 0 Å². The highest BCUT2D eigenvalue weighted by molar-refractivity contribution is 7.91. The highest BCUT2D eigenvalue weighted by Crippen LogP contribution is 2.55. The van der Waals surface area contributed by atoms with Crippen LogP contribution in [0.1, 0.15) is 0 Å². The number of hydrogen-bond acceptors (Lipinski definition) is 2. The summed E-state index contributed by atoms with van der Waals surface area (Å²) in [6.45, 7) is 0. The molecule has 0 saturated heterocycles. The molecule has 57 heavy (non-hydrogen) atoms. The number of hydrogen-bond donors (Lipinski definition) is 0. The molecule has 0 unspecified atom stereocenters. The van der Waals surface area contributed by atoms with Gasteiger partial charge in [-0.05, 0) is 141 Å². The van der Waals surface area contributed by atoms with E-state index in [1.165, 1.54) is 0 Å². The van der Waals surface area contributed by atoms with Crippen LogP contribution in [0.3, 0.4) is 0 Å². The molecule has 0 fully saturated rings. The van der Waals surface area contributed by atoms with E-state index in [-0.39, 0.29) is 9.79 Å². The van der Waals surface area contributed by atoms with Crippen LogP contribution >= 0.6 is 69.6 Å². The molecule has 0 aromatic heterocycles. The van der Waals surface area contributed by atoms with Gasteiger partial charge in [0.2, 0.25) is 9.84 Å². The quantitative estimate of drug-likeness (QED) is 0.152. The standard InChI is InChI=1S/C48H28Cl6O2S/c49-36-15-1-29(2-16-36)30-13-27-42(28-14-30)57(55,56)48-46(34-9-23-40(53)24-10-34)44(32-5-19-38(51)20-6-32)43(31-3-17-37(50)18-4-31)45(33-7-21-39(52)22-8-33)47(48)35-11-25-41(54)26-12-35/h1-28H. The average Bonchev–Trinajstić information content (AvgIpc) is 3.22. The molecule has 0 spiro atoms. The molecular formula is C48H28Cl6O2S. The van der Waals surface area contributed by atoms with Gasteiger partial charge in [-0.2, -0.15) is 0 Å². The van der Waals surface area contributed by atoms with Crippen LogP contribution in [-0.2, 0) is 9.84 Å². The number of rotatable bonds is 8. The van der Waals surface area contributed by atoms with Crippen molar-refractivity contribution in [2.75, 3.05) is 0 Å². The molecule has 280 valence electrons. The molecule has 0 radical (unpaired) electrons. The first-order chi connectivity index (χ1) is 27.5. The highest BCUT2D eigenvalue weighted by Gasteiger charge is 2.35. The summed E-state index contributed by atoms with van der Waals surface area (Å²) in [6.07, 6.45) is 0. The van der Waals surface area contributed by atoms with Crippen molar-refractivity contribution >= 4 is 79.4 Å². The molecule has 0 aliphatic heterocycles. The largest absolute Gasteiger partial charge is 0.218 e. The van der Waals surface area contributed by atoms with E-state index in [1.54, 1.807) is 72.8 Å². The van der Waals surface area contributed by atoms with Gasteiger partial charge in [0.15, 0.2) is 0 Å². The molecule has 0 bridgehead atoms. The predicted octanol–water partition coefficient (Wildman–Crippen LogP) is 16.4. The third-order valence-electron chi connectivity index (χ3n) is 9.73. The lowest BCUT2D eigenvalue weighted by molar-refractivity contribution is 0.596. The van der Waals surface area contributed by atoms with Crippen molar-refractivity contribution in [2.24, 2.45) is 0 Å². The van der Waals surface area contributed by atoms with Crippen molar-refractivity contribution in [3.05, 3.63) is 200 Å². The van der Waals surface area contributed by atoms with E-state index in [4.69, 9.17) is 69.6 Å². The van der Waals surface area contributed by atoms with Crippen LogP contribution in [0.2, 0.25) is 30.1 Å². The van der Waals surface area contributed by atoms with Gasteiger partial charge in [-0.25, -0.2) is 8.42 Å². The van der Waals surface area contributed by atoms with Crippen LogP contribution in [0.5, 0.6) is 0 Å². The van der Waals surface area contributed by atoms with Gasteiger partial charge in [0.05, 0.1) is 9.79 Å². The molecule has 0 atom stereocenters. The molecule has 0 aliphatic rings. The fourth-order valence-electron chi connectivity index (χ4n) is 7.08. The molecule has 0 amide bonds. The minimum absolute atomic E-state index is 0.0963. The van der Waals surface area contributed by atoms with Crippen molar-refractivity contribution < 1.29 is 8.42 Å². The zero-order valence-electron chi connectivity index (χ0n) is 29.7. The van der Waals surface area contributed by atoms with Gasteiger partial charge in [0, 0.05) is 41.3 Å². The summed E-state index contributed by atoms with van der Waals surface area (Å²) >= 11 is 38.7. The summed E-state index contributed by atoms with van der Waals surface area (Å²) in [5, 5.41) is 3.23. The number of halogens is 6. The smallest absolute Gasteiger partial charge is 0.207 e. The normalized spacial score (nSPS) is 11.5. The van der Waals surface area contributed by atoms with Gasteiger partial charge in [-0.15, -0.1) is 0 Å². The topological polar surface area (TPSA) is 34.1 Å². The molecule has 0 saturated carbocycles. The van der Waals surface area contributed by atoms with Crippen molar-refractivity contribution in [1.29, 1.82) is 0 Å². The monoisotopic (exact) mass is 878 g/mol. The Morgan fingerprint density at radius 2 is 0.439 bits per heavy atom. The lowest BCUT2D eigenvalue weighted by Crippen LogP contribution is -2.11. The van der Waals surface area contributed by atoms with Crippen LogP contribution in [0.15, 0.2) is 180 Å². The Labute approximate surface area is 361 Å². The molecule has 9 heteroatoms. The van der Waals surface area contributed by atoms with Crippen molar-refractivity contribution in [3.8, 4) is 66.8 Å². The molecule has 8 aromatic rings. The first-order valence-corrected chi connectivity index (χ1v) is 21.4. The minimum atomic E-state index is -4.37. The van der Waals surface area contributed by atoms with Gasteiger partial charge >= 0.3 is 0 Å². The fourth-order valence-corrected chi connectivity index (χ4v) is 9.55. The summed E-state index contributed by atoms with van der Waals surface area (Å²) in [6, 6.07) is 51.1. The lowest BCUT2D eigenvalue weighted by atomic mass is 9.78. The van der Waals surface area contributed by atoms with Crippen LogP contribution in [0.25, 0.3) is 66.8 Å². The van der Waals surface area contributed by atoms with Crippen LogP contribution in [0.4, 0.5) is 0 Å². The first-order valence-electron chi connectivity index (χ1n) is 17.6. The van der Waals surface area contributed by atoms with Gasteiger partial charge in [0.1, 0.15) is 0 Å². The fraction of sp³-hybridized carbons (Fsp3) is 0. The Hall–Kier alpha value is -4.55. The van der Waals surface area contributed by atoms with E-state index >= 15 is 8.42 Å². The Kier molecular flexibility index (Phi) is 11.3. The average molecular weight is 882 g/mol. The Balaban J connectivity index is 1.60. The van der Waals surface area contributed by atoms with Crippen molar-refractivity contribution in [3.63, 3.8) is 0 Å². The lowest BCUT2D eigenvalue weighted by Gasteiger charge is -2.28.